The van der Waals surface area contributed by atoms with E-state index < -0.39 is 0 Å². The second kappa shape index (κ2) is 7.79. The first kappa shape index (κ1) is 14.6. The van der Waals surface area contributed by atoms with Gasteiger partial charge in [-0.05, 0) is 13.8 Å². The predicted molar refractivity (Wildman–Crippen MR) is 67.6 cm³/mol. The lowest BCUT2D eigenvalue weighted by molar-refractivity contribution is 0.841. The van der Waals surface area contributed by atoms with Crippen molar-refractivity contribution >= 4 is 5.52 Å². The fourth-order valence-corrected chi connectivity index (χ4v) is 1.06. The lowest BCUT2D eigenvalue weighted by Crippen LogP contribution is -1.96. The molecule has 0 spiro atoms. The zero-order chi connectivity index (χ0) is 12.6. The second-order valence-corrected chi connectivity index (χ2v) is 3.16. The van der Waals surface area contributed by atoms with Gasteiger partial charge in [0.25, 0.3) is 0 Å². The van der Waals surface area contributed by atoms with Gasteiger partial charge in [0.15, 0.2) is 0 Å². The molecule has 0 bridgehead atoms. The molecule has 4 nitrogen and oxygen atoms in total. The molecule has 0 aromatic carbocycles. The molecular formula is C12H22N4. The van der Waals surface area contributed by atoms with Gasteiger partial charge >= 0.3 is 0 Å². The minimum atomic E-state index is 0.894. The maximum absolute atomic E-state index is 4.12. The van der Waals surface area contributed by atoms with Crippen LogP contribution in [0.5, 0.6) is 0 Å². The summed E-state index contributed by atoms with van der Waals surface area (Å²) in [5, 5.41) is 4.04. The van der Waals surface area contributed by atoms with Crippen LogP contribution in [0.1, 0.15) is 45.6 Å². The van der Waals surface area contributed by atoms with Gasteiger partial charge in [0.1, 0.15) is 17.7 Å². The Labute approximate surface area is 97.7 Å². The van der Waals surface area contributed by atoms with Crippen LogP contribution in [-0.2, 0) is 0 Å². The Balaban J connectivity index is 0.000000394. The highest BCUT2D eigenvalue weighted by Gasteiger charge is 2.01. The normalized spacial score (nSPS) is 8.88. The largest absolute Gasteiger partial charge is 0.239 e. The van der Waals surface area contributed by atoms with E-state index in [9.17, 15) is 0 Å². The highest BCUT2D eigenvalue weighted by Crippen LogP contribution is 2.05. The minimum Gasteiger partial charge on any atom is -0.239 e. The molecule has 2 rings (SSSR count). The summed E-state index contributed by atoms with van der Waals surface area (Å²) in [6.45, 7) is 12.1. The van der Waals surface area contributed by atoms with Gasteiger partial charge < -0.3 is 0 Å². The third kappa shape index (κ3) is 3.61. The second-order valence-electron chi connectivity index (χ2n) is 3.16. The van der Waals surface area contributed by atoms with Crippen molar-refractivity contribution in [3.8, 4) is 0 Å². The van der Waals surface area contributed by atoms with Gasteiger partial charge in [0.2, 0.25) is 0 Å². The van der Waals surface area contributed by atoms with Crippen molar-refractivity contribution in [3.63, 3.8) is 0 Å². The van der Waals surface area contributed by atoms with Crippen LogP contribution in [0, 0.1) is 13.8 Å². The summed E-state index contributed by atoms with van der Waals surface area (Å²) in [4.78, 5) is 8.17. The monoisotopic (exact) mass is 222 g/mol. The van der Waals surface area contributed by atoms with Gasteiger partial charge in [0, 0.05) is 0 Å². The number of fused-ring (bicyclic) bond motifs is 1. The van der Waals surface area contributed by atoms with E-state index in [0.717, 1.165) is 17.0 Å². The summed E-state index contributed by atoms with van der Waals surface area (Å²) in [6.07, 6.45) is 4.57. The first-order valence-corrected chi connectivity index (χ1v) is 5.82. The average Bonchev–Trinajstić information content (AvgIpc) is 2.66. The first-order chi connectivity index (χ1) is 7.70. The molecule has 0 unspecified atom stereocenters. The molecule has 2 aromatic heterocycles. The fraction of sp³-hybridized carbons (Fsp3) is 0.583. The molecule has 0 fully saturated rings. The van der Waals surface area contributed by atoms with Crippen LogP contribution in [0.15, 0.2) is 12.5 Å². The standard InChI is InChI=1S/C7H8N4.C3H8.C2H6/c1-5-7-3-8-6(2)11(7)10-4-9-5;1-3-2;1-2/h3-4H,1-2H3;3H2,1-2H3;1-2H3. The molecule has 0 radical (unpaired) electrons. The van der Waals surface area contributed by atoms with Gasteiger partial charge in [-0.1, -0.05) is 34.1 Å². The Bertz CT molecular complexity index is 406. The number of aromatic nitrogens is 4. The summed E-state index contributed by atoms with van der Waals surface area (Å²) >= 11 is 0. The molecule has 0 aliphatic rings. The summed E-state index contributed by atoms with van der Waals surface area (Å²) < 4.78 is 1.78. The number of hydrogen-bond acceptors (Lipinski definition) is 3. The van der Waals surface area contributed by atoms with Crippen molar-refractivity contribution in [3.05, 3.63) is 24.0 Å². The quantitative estimate of drug-likeness (QED) is 0.687. The highest BCUT2D eigenvalue weighted by molar-refractivity contribution is 5.48. The number of rotatable bonds is 0. The molecule has 0 saturated heterocycles. The van der Waals surface area contributed by atoms with Crippen LogP contribution in [0.25, 0.3) is 5.52 Å². The van der Waals surface area contributed by atoms with Crippen molar-refractivity contribution in [2.45, 2.75) is 48.0 Å². The number of imidazole rings is 1. The molecule has 0 aliphatic carbocycles. The maximum atomic E-state index is 4.12. The first-order valence-electron chi connectivity index (χ1n) is 5.82. The predicted octanol–water partition coefficient (Wildman–Crippen LogP) is 3.18. The van der Waals surface area contributed by atoms with Crippen molar-refractivity contribution < 1.29 is 0 Å². The number of nitrogens with zero attached hydrogens (tertiary/aromatic N) is 4. The van der Waals surface area contributed by atoms with Crippen LogP contribution in [0.4, 0.5) is 0 Å². The molecule has 0 saturated carbocycles. The van der Waals surface area contributed by atoms with Crippen LogP contribution >= 0.6 is 0 Å². The van der Waals surface area contributed by atoms with Crippen LogP contribution < -0.4 is 0 Å². The Hall–Kier alpha value is -1.45. The molecule has 16 heavy (non-hydrogen) atoms. The van der Waals surface area contributed by atoms with E-state index in [4.69, 9.17) is 0 Å². The zero-order valence-corrected chi connectivity index (χ0v) is 11.2. The van der Waals surface area contributed by atoms with Crippen LogP contribution in [-0.4, -0.2) is 19.6 Å². The van der Waals surface area contributed by atoms with E-state index in [1.807, 2.05) is 27.7 Å². The van der Waals surface area contributed by atoms with E-state index >= 15 is 0 Å². The van der Waals surface area contributed by atoms with Gasteiger partial charge in [-0.3, -0.25) is 0 Å². The van der Waals surface area contributed by atoms with E-state index in [0.29, 0.717) is 0 Å². The Morgan fingerprint density at radius 1 is 1.12 bits per heavy atom. The Morgan fingerprint density at radius 3 is 2.19 bits per heavy atom. The summed E-state index contributed by atoms with van der Waals surface area (Å²) in [5.41, 5.74) is 1.94. The lowest BCUT2D eigenvalue weighted by atomic mass is 10.4. The SMILES string of the molecule is CC.CCC.Cc1ncnn2c(C)ncc12. The third-order valence-corrected chi connectivity index (χ3v) is 1.70. The molecule has 0 N–H and O–H groups in total. The highest BCUT2D eigenvalue weighted by atomic mass is 15.3. The van der Waals surface area contributed by atoms with E-state index in [-0.39, 0.29) is 0 Å². The Morgan fingerprint density at radius 2 is 1.69 bits per heavy atom. The summed E-state index contributed by atoms with van der Waals surface area (Å²) in [7, 11) is 0. The van der Waals surface area contributed by atoms with Gasteiger partial charge in [-0.15, -0.1) is 0 Å². The summed E-state index contributed by atoms with van der Waals surface area (Å²) in [6, 6.07) is 0. The lowest BCUT2D eigenvalue weighted by Gasteiger charge is -1.94. The van der Waals surface area contributed by atoms with Gasteiger partial charge in [-0.2, -0.15) is 5.10 Å². The summed E-state index contributed by atoms with van der Waals surface area (Å²) in [5.74, 6) is 0.894. The van der Waals surface area contributed by atoms with Crippen molar-refractivity contribution in [1.82, 2.24) is 19.6 Å². The average molecular weight is 222 g/mol. The molecule has 4 heteroatoms. The van der Waals surface area contributed by atoms with Gasteiger partial charge in [0.05, 0.1) is 11.9 Å². The molecule has 90 valence electrons. The molecule has 2 heterocycles. The Kier molecular flexibility index (Phi) is 7.09. The number of aryl methyl sites for hydroxylation is 2. The zero-order valence-electron chi connectivity index (χ0n) is 11.2. The minimum absolute atomic E-state index is 0.894. The van der Waals surface area contributed by atoms with E-state index in [2.05, 4.69) is 28.9 Å². The molecule has 0 atom stereocenters. The van der Waals surface area contributed by atoms with E-state index in [1.54, 1.807) is 10.7 Å². The third-order valence-electron chi connectivity index (χ3n) is 1.70. The van der Waals surface area contributed by atoms with Gasteiger partial charge in [-0.25, -0.2) is 14.5 Å². The molecule has 2 aromatic rings. The maximum Gasteiger partial charge on any atom is 0.136 e. The van der Waals surface area contributed by atoms with Crippen LogP contribution in [0.2, 0.25) is 0 Å². The molecular weight excluding hydrogens is 200 g/mol. The molecule has 0 amide bonds. The van der Waals surface area contributed by atoms with E-state index in [1.165, 1.54) is 12.7 Å². The van der Waals surface area contributed by atoms with Crippen molar-refractivity contribution in [2.75, 3.05) is 0 Å². The topological polar surface area (TPSA) is 43.1 Å². The van der Waals surface area contributed by atoms with Crippen molar-refractivity contribution in [1.29, 1.82) is 0 Å². The van der Waals surface area contributed by atoms with Crippen LogP contribution in [0.3, 0.4) is 0 Å². The fourth-order valence-electron chi connectivity index (χ4n) is 1.06. The smallest absolute Gasteiger partial charge is 0.136 e. The molecule has 0 aliphatic heterocycles. The van der Waals surface area contributed by atoms with Crippen molar-refractivity contribution in [2.24, 2.45) is 0 Å². The number of hydrogen-bond donors (Lipinski definition) is 0.